The molecule has 0 saturated carbocycles. The summed E-state index contributed by atoms with van der Waals surface area (Å²) in [5.74, 6) is 1.40. The second-order valence-corrected chi connectivity index (χ2v) is 8.73. The van der Waals surface area contributed by atoms with Crippen LogP contribution >= 0.6 is 0 Å². The van der Waals surface area contributed by atoms with Crippen molar-refractivity contribution in [3.8, 4) is 0 Å². The van der Waals surface area contributed by atoms with Gasteiger partial charge >= 0.3 is 0 Å². The molecule has 2 aliphatic rings. The lowest BCUT2D eigenvalue weighted by Crippen LogP contribution is -2.25. The van der Waals surface area contributed by atoms with Gasteiger partial charge in [-0.3, -0.25) is 0 Å². The van der Waals surface area contributed by atoms with E-state index in [4.69, 9.17) is 14.2 Å². The molecule has 0 N–H and O–H groups in total. The third-order valence-corrected chi connectivity index (χ3v) is 6.09. The van der Waals surface area contributed by atoms with Crippen molar-refractivity contribution in [1.29, 1.82) is 0 Å². The first-order chi connectivity index (χ1) is 17.3. The van der Waals surface area contributed by atoms with Crippen molar-refractivity contribution >= 4 is 33.3 Å². The number of fused-ring (bicyclic) bond motifs is 2. The average Bonchev–Trinajstić information content (AvgIpc) is 3.53. The fourth-order valence-corrected chi connectivity index (χ4v) is 4.33. The molecule has 7 heteroatoms. The van der Waals surface area contributed by atoms with E-state index in [1.165, 1.54) is 32.7 Å². The number of nitrogens with zero attached hydrogens (tertiary/aromatic N) is 4. The van der Waals surface area contributed by atoms with Crippen molar-refractivity contribution < 1.29 is 14.2 Å². The zero-order chi connectivity index (χ0) is 23.5. The summed E-state index contributed by atoms with van der Waals surface area (Å²) >= 11 is 0. The SMILES string of the molecule is c1ccc2cc(CC3=NN(COCN4COC(Cc5ccc6ccccc6c5)=N4)CO3)ccc2c1. The molecule has 4 aromatic rings. The Morgan fingerprint density at radius 1 is 0.600 bits per heavy atom. The lowest BCUT2D eigenvalue weighted by Gasteiger charge is -2.15. The summed E-state index contributed by atoms with van der Waals surface area (Å²) in [4.78, 5) is 0. The highest BCUT2D eigenvalue weighted by atomic mass is 16.6. The van der Waals surface area contributed by atoms with Gasteiger partial charge in [0.15, 0.2) is 13.5 Å². The molecule has 0 unspecified atom stereocenters. The standard InChI is InChI=1S/C28H26N4O3/c1-3-7-25-13-21(9-11-23(25)5-1)15-27-29-31(19-34-27)17-33-18-32-20-35-28(30-32)16-22-10-12-24-6-2-4-8-26(24)14-22/h1-14H,15-20H2. The molecule has 4 aromatic carbocycles. The van der Waals surface area contributed by atoms with Gasteiger partial charge in [-0.2, -0.15) is 0 Å². The summed E-state index contributed by atoms with van der Waals surface area (Å²) in [5.41, 5.74) is 2.35. The third-order valence-electron chi connectivity index (χ3n) is 6.09. The number of benzene rings is 4. The quantitative estimate of drug-likeness (QED) is 0.369. The molecule has 0 fully saturated rings. The molecule has 0 aromatic heterocycles. The molecular formula is C28H26N4O3. The normalized spacial score (nSPS) is 15.3. The summed E-state index contributed by atoms with van der Waals surface area (Å²) in [6, 6.07) is 29.5. The lowest BCUT2D eigenvalue weighted by atomic mass is 10.1. The first-order valence-corrected chi connectivity index (χ1v) is 11.7. The predicted octanol–water partition coefficient (Wildman–Crippen LogP) is 4.92. The molecule has 0 saturated heterocycles. The number of hydrogen-bond acceptors (Lipinski definition) is 7. The first kappa shape index (κ1) is 21.4. The van der Waals surface area contributed by atoms with Gasteiger partial charge in [-0.15, -0.1) is 10.2 Å². The molecule has 6 rings (SSSR count). The maximum Gasteiger partial charge on any atom is 0.212 e. The van der Waals surface area contributed by atoms with E-state index < -0.39 is 0 Å². The minimum absolute atomic E-state index is 0.327. The average molecular weight is 467 g/mol. The fourth-order valence-electron chi connectivity index (χ4n) is 4.33. The Morgan fingerprint density at radius 3 is 1.54 bits per heavy atom. The highest BCUT2D eigenvalue weighted by molar-refractivity contribution is 5.86. The second-order valence-electron chi connectivity index (χ2n) is 8.73. The highest BCUT2D eigenvalue weighted by Gasteiger charge is 2.19. The van der Waals surface area contributed by atoms with E-state index >= 15 is 0 Å². The van der Waals surface area contributed by atoms with Crippen LogP contribution in [0, 0.1) is 0 Å². The van der Waals surface area contributed by atoms with Crippen molar-refractivity contribution in [2.45, 2.75) is 12.8 Å². The molecule has 0 aliphatic carbocycles. The number of hydrazone groups is 2. The zero-order valence-electron chi connectivity index (χ0n) is 19.3. The van der Waals surface area contributed by atoms with E-state index in [2.05, 4.69) is 95.1 Å². The van der Waals surface area contributed by atoms with Crippen LogP contribution < -0.4 is 0 Å². The Morgan fingerprint density at radius 2 is 1.06 bits per heavy atom. The monoisotopic (exact) mass is 466 g/mol. The molecule has 7 nitrogen and oxygen atoms in total. The summed E-state index contributed by atoms with van der Waals surface area (Å²) < 4.78 is 17.3. The lowest BCUT2D eigenvalue weighted by molar-refractivity contribution is -0.0503. The van der Waals surface area contributed by atoms with Gasteiger partial charge in [-0.05, 0) is 32.7 Å². The Balaban J connectivity index is 0.982. The summed E-state index contributed by atoms with van der Waals surface area (Å²) in [6.07, 6.45) is 1.31. The number of ether oxygens (including phenoxy) is 3. The Bertz CT molecular complexity index is 1310. The second kappa shape index (κ2) is 9.64. The summed E-state index contributed by atoms with van der Waals surface area (Å²) in [7, 11) is 0. The van der Waals surface area contributed by atoms with Crippen LogP contribution in [0.5, 0.6) is 0 Å². The Hall–Kier alpha value is -4.10. The van der Waals surface area contributed by atoms with Gasteiger partial charge in [0.2, 0.25) is 11.8 Å². The predicted molar refractivity (Wildman–Crippen MR) is 137 cm³/mol. The van der Waals surface area contributed by atoms with Crippen LogP contribution in [0.3, 0.4) is 0 Å². The smallest absolute Gasteiger partial charge is 0.212 e. The van der Waals surface area contributed by atoms with Gasteiger partial charge in [0.05, 0.1) is 12.8 Å². The van der Waals surface area contributed by atoms with Crippen molar-refractivity contribution in [2.75, 3.05) is 26.9 Å². The third kappa shape index (κ3) is 5.05. The van der Waals surface area contributed by atoms with E-state index in [1.807, 2.05) is 0 Å². The Kier molecular flexibility index (Phi) is 5.90. The van der Waals surface area contributed by atoms with Crippen LogP contribution in [0.2, 0.25) is 0 Å². The molecule has 35 heavy (non-hydrogen) atoms. The van der Waals surface area contributed by atoms with Gasteiger partial charge in [-0.25, -0.2) is 10.0 Å². The maximum atomic E-state index is 5.79. The van der Waals surface area contributed by atoms with Crippen molar-refractivity contribution in [2.24, 2.45) is 10.2 Å². The highest BCUT2D eigenvalue weighted by Crippen LogP contribution is 2.19. The van der Waals surface area contributed by atoms with Gasteiger partial charge in [-0.1, -0.05) is 84.9 Å². The van der Waals surface area contributed by atoms with Crippen molar-refractivity contribution in [3.05, 3.63) is 96.1 Å². The molecule has 0 atom stereocenters. The number of rotatable bonds is 8. The topological polar surface area (TPSA) is 58.9 Å². The van der Waals surface area contributed by atoms with E-state index in [0.29, 0.717) is 51.6 Å². The van der Waals surface area contributed by atoms with E-state index in [0.717, 1.165) is 0 Å². The first-order valence-electron chi connectivity index (χ1n) is 11.7. The van der Waals surface area contributed by atoms with Gasteiger partial charge in [0, 0.05) is 0 Å². The minimum atomic E-state index is 0.327. The van der Waals surface area contributed by atoms with Gasteiger partial charge < -0.3 is 14.2 Å². The molecule has 0 spiro atoms. The van der Waals surface area contributed by atoms with Gasteiger partial charge in [0.1, 0.15) is 13.5 Å². The van der Waals surface area contributed by atoms with Gasteiger partial charge in [0.25, 0.3) is 0 Å². The Labute approximate surface area is 203 Å². The molecule has 2 heterocycles. The van der Waals surface area contributed by atoms with Crippen LogP contribution in [0.15, 0.2) is 95.1 Å². The molecule has 0 amide bonds. The summed E-state index contributed by atoms with van der Waals surface area (Å²) in [6.45, 7) is 1.42. The summed E-state index contributed by atoms with van der Waals surface area (Å²) in [5, 5.41) is 17.5. The van der Waals surface area contributed by atoms with E-state index in [9.17, 15) is 0 Å². The molecule has 2 aliphatic heterocycles. The van der Waals surface area contributed by atoms with Crippen LogP contribution in [-0.2, 0) is 27.1 Å². The molecular weight excluding hydrogens is 440 g/mol. The maximum absolute atomic E-state index is 5.79. The van der Waals surface area contributed by atoms with Crippen molar-refractivity contribution in [3.63, 3.8) is 0 Å². The van der Waals surface area contributed by atoms with Crippen LogP contribution in [0.4, 0.5) is 0 Å². The largest absolute Gasteiger partial charge is 0.456 e. The van der Waals surface area contributed by atoms with E-state index in [-0.39, 0.29) is 0 Å². The fraction of sp³-hybridized carbons (Fsp3) is 0.214. The van der Waals surface area contributed by atoms with E-state index in [1.54, 1.807) is 10.0 Å². The van der Waals surface area contributed by atoms with Crippen LogP contribution in [-0.4, -0.2) is 48.7 Å². The number of hydrogen-bond donors (Lipinski definition) is 0. The molecule has 0 bridgehead atoms. The molecule has 176 valence electrons. The zero-order valence-corrected chi connectivity index (χ0v) is 19.3. The van der Waals surface area contributed by atoms with Crippen LogP contribution in [0.25, 0.3) is 21.5 Å². The molecule has 0 radical (unpaired) electrons. The van der Waals surface area contributed by atoms with Crippen molar-refractivity contribution in [1.82, 2.24) is 10.0 Å². The van der Waals surface area contributed by atoms with Crippen LogP contribution in [0.1, 0.15) is 11.1 Å². The minimum Gasteiger partial charge on any atom is -0.456 e.